The molecule has 5 nitrogen and oxygen atoms in total. The van der Waals surface area contributed by atoms with E-state index in [1.807, 2.05) is 0 Å². The average Bonchev–Trinajstić information content (AvgIpc) is 2.69. The van der Waals surface area contributed by atoms with E-state index in [0.29, 0.717) is 6.54 Å². The molecule has 2 saturated heterocycles. The smallest absolute Gasteiger partial charge is 0.211 e. The highest BCUT2D eigenvalue weighted by atomic mass is 32.2. The van der Waals surface area contributed by atoms with Crippen molar-refractivity contribution in [2.24, 2.45) is 0 Å². The first-order valence-electron chi connectivity index (χ1n) is 5.36. The van der Waals surface area contributed by atoms with Crippen LogP contribution in [0.15, 0.2) is 0 Å². The average molecular weight is 234 g/mol. The number of aliphatic hydroxyl groups is 1. The molecule has 2 rings (SSSR count). The van der Waals surface area contributed by atoms with Crippen LogP contribution in [0.5, 0.6) is 0 Å². The first kappa shape index (κ1) is 11.3. The third-order valence-corrected chi connectivity index (χ3v) is 4.54. The van der Waals surface area contributed by atoms with Crippen LogP contribution in [-0.2, 0) is 10.0 Å². The summed E-state index contributed by atoms with van der Waals surface area (Å²) in [6, 6.07) is 0.00206. The minimum atomic E-state index is -3.15. The van der Waals surface area contributed by atoms with Crippen LogP contribution >= 0.6 is 0 Å². The van der Waals surface area contributed by atoms with Gasteiger partial charge in [-0.05, 0) is 25.9 Å². The normalized spacial score (nSPS) is 35.1. The van der Waals surface area contributed by atoms with Crippen LogP contribution in [0.2, 0.25) is 0 Å². The van der Waals surface area contributed by atoms with Gasteiger partial charge in [0, 0.05) is 13.1 Å². The van der Waals surface area contributed by atoms with Crippen molar-refractivity contribution in [3.05, 3.63) is 0 Å². The summed E-state index contributed by atoms with van der Waals surface area (Å²) in [6.45, 7) is 2.67. The first-order valence-corrected chi connectivity index (χ1v) is 7.20. The van der Waals surface area contributed by atoms with Crippen LogP contribution in [0, 0.1) is 0 Å². The Morgan fingerprint density at radius 3 is 2.27 bits per heavy atom. The Labute approximate surface area is 90.7 Å². The van der Waals surface area contributed by atoms with E-state index in [1.165, 1.54) is 10.6 Å². The number of sulfonamides is 1. The summed E-state index contributed by atoms with van der Waals surface area (Å²) in [5.41, 5.74) is 0. The van der Waals surface area contributed by atoms with Crippen molar-refractivity contribution in [1.82, 2.24) is 9.21 Å². The van der Waals surface area contributed by atoms with Gasteiger partial charge in [-0.25, -0.2) is 8.42 Å². The van der Waals surface area contributed by atoms with Crippen molar-refractivity contribution < 1.29 is 13.5 Å². The van der Waals surface area contributed by atoms with E-state index in [1.54, 1.807) is 0 Å². The molecule has 6 heteroatoms. The summed E-state index contributed by atoms with van der Waals surface area (Å²) in [4.78, 5) is 2.20. The maximum absolute atomic E-state index is 11.3. The van der Waals surface area contributed by atoms with E-state index in [9.17, 15) is 13.5 Å². The van der Waals surface area contributed by atoms with E-state index in [2.05, 4.69) is 4.90 Å². The Balaban J connectivity index is 2.04. The molecule has 0 spiro atoms. The largest absolute Gasteiger partial charge is 0.390 e. The SMILES string of the molecule is CS(=O)(=O)N1C[C@@H](O)[C@H](N2CCCC2)C1. The third kappa shape index (κ3) is 2.33. The van der Waals surface area contributed by atoms with Gasteiger partial charge in [0.15, 0.2) is 0 Å². The Kier molecular flexibility index (Phi) is 3.03. The fourth-order valence-electron chi connectivity index (χ4n) is 2.44. The Morgan fingerprint density at radius 1 is 1.20 bits per heavy atom. The summed E-state index contributed by atoms with van der Waals surface area (Å²) in [5, 5.41) is 9.84. The molecule has 0 unspecified atom stereocenters. The molecule has 0 radical (unpaired) electrons. The van der Waals surface area contributed by atoms with Crippen molar-refractivity contribution >= 4 is 10.0 Å². The quantitative estimate of drug-likeness (QED) is 0.672. The van der Waals surface area contributed by atoms with Gasteiger partial charge in [-0.15, -0.1) is 0 Å². The summed E-state index contributed by atoms with van der Waals surface area (Å²) < 4.78 is 24.0. The lowest BCUT2D eigenvalue weighted by Gasteiger charge is -2.25. The van der Waals surface area contributed by atoms with Gasteiger partial charge in [0.05, 0.1) is 18.4 Å². The van der Waals surface area contributed by atoms with Crippen molar-refractivity contribution in [2.45, 2.75) is 25.0 Å². The van der Waals surface area contributed by atoms with Crippen LogP contribution in [0.4, 0.5) is 0 Å². The molecular formula is C9H18N2O3S. The first-order chi connectivity index (χ1) is 6.98. The summed E-state index contributed by atoms with van der Waals surface area (Å²) >= 11 is 0. The van der Waals surface area contributed by atoms with Crippen LogP contribution < -0.4 is 0 Å². The molecule has 2 aliphatic rings. The van der Waals surface area contributed by atoms with E-state index >= 15 is 0 Å². The maximum Gasteiger partial charge on any atom is 0.211 e. The second-order valence-corrected chi connectivity index (χ2v) is 6.44. The van der Waals surface area contributed by atoms with Crippen LogP contribution in [0.25, 0.3) is 0 Å². The van der Waals surface area contributed by atoms with Crippen LogP contribution in [0.3, 0.4) is 0 Å². The fourth-order valence-corrected chi connectivity index (χ4v) is 3.29. The molecule has 2 atom stereocenters. The standard InChI is InChI=1S/C9H18N2O3S/c1-15(13,14)11-6-8(9(12)7-11)10-4-2-3-5-10/h8-9,12H,2-7H2,1H3/t8-,9-/m1/s1. The summed E-state index contributed by atoms with van der Waals surface area (Å²) in [5.74, 6) is 0. The Morgan fingerprint density at radius 2 is 1.80 bits per heavy atom. The fraction of sp³-hybridized carbons (Fsp3) is 1.00. The zero-order chi connectivity index (χ0) is 11.1. The van der Waals surface area contributed by atoms with E-state index in [4.69, 9.17) is 0 Å². The zero-order valence-electron chi connectivity index (χ0n) is 8.96. The maximum atomic E-state index is 11.3. The van der Waals surface area contributed by atoms with Crippen LogP contribution in [-0.4, -0.2) is 67.3 Å². The van der Waals surface area contributed by atoms with Crippen LogP contribution in [0.1, 0.15) is 12.8 Å². The number of β-amino-alcohol motifs (C(OH)–C–C–N with tert-alkyl or cyclic N) is 1. The zero-order valence-corrected chi connectivity index (χ0v) is 9.78. The van der Waals surface area contributed by atoms with E-state index in [0.717, 1.165) is 25.9 Å². The predicted molar refractivity (Wildman–Crippen MR) is 57.0 cm³/mol. The molecule has 15 heavy (non-hydrogen) atoms. The van der Waals surface area contributed by atoms with Gasteiger partial charge in [0.1, 0.15) is 0 Å². The highest BCUT2D eigenvalue weighted by molar-refractivity contribution is 7.88. The van der Waals surface area contributed by atoms with Crippen molar-refractivity contribution in [1.29, 1.82) is 0 Å². The topological polar surface area (TPSA) is 60.9 Å². The molecule has 0 aromatic heterocycles. The molecule has 0 amide bonds. The highest BCUT2D eigenvalue weighted by Crippen LogP contribution is 2.22. The number of likely N-dealkylation sites (tertiary alicyclic amines) is 1. The molecule has 0 aromatic carbocycles. The Hall–Kier alpha value is -0.170. The van der Waals surface area contributed by atoms with E-state index < -0.39 is 16.1 Å². The molecule has 2 heterocycles. The summed E-state index contributed by atoms with van der Waals surface area (Å²) in [6.07, 6.45) is 2.98. The summed E-state index contributed by atoms with van der Waals surface area (Å²) in [7, 11) is -3.15. The molecule has 0 saturated carbocycles. The van der Waals surface area contributed by atoms with Gasteiger partial charge in [-0.3, -0.25) is 4.90 Å². The van der Waals surface area contributed by atoms with Crippen molar-refractivity contribution in [3.63, 3.8) is 0 Å². The molecule has 0 bridgehead atoms. The van der Waals surface area contributed by atoms with Crippen molar-refractivity contribution in [3.8, 4) is 0 Å². The lowest BCUT2D eigenvalue weighted by atomic mass is 10.2. The highest BCUT2D eigenvalue weighted by Gasteiger charge is 2.39. The van der Waals surface area contributed by atoms with Gasteiger partial charge in [0.2, 0.25) is 10.0 Å². The molecule has 2 fully saturated rings. The van der Waals surface area contributed by atoms with Gasteiger partial charge in [-0.1, -0.05) is 0 Å². The van der Waals surface area contributed by atoms with E-state index in [-0.39, 0.29) is 12.6 Å². The van der Waals surface area contributed by atoms with Gasteiger partial charge in [0.25, 0.3) is 0 Å². The minimum absolute atomic E-state index is 0.00206. The van der Waals surface area contributed by atoms with Gasteiger partial charge < -0.3 is 5.11 Å². The number of nitrogens with zero attached hydrogens (tertiary/aromatic N) is 2. The number of rotatable bonds is 2. The molecule has 2 aliphatic heterocycles. The Bertz CT molecular complexity index is 324. The van der Waals surface area contributed by atoms with Crippen molar-refractivity contribution in [2.75, 3.05) is 32.4 Å². The molecule has 1 N–H and O–H groups in total. The lowest BCUT2D eigenvalue weighted by Crippen LogP contribution is -2.41. The minimum Gasteiger partial charge on any atom is -0.390 e. The predicted octanol–water partition coefficient (Wildman–Crippen LogP) is -0.913. The molecule has 0 aliphatic carbocycles. The van der Waals surface area contributed by atoms with Gasteiger partial charge in [-0.2, -0.15) is 4.31 Å². The second kappa shape index (κ2) is 4.01. The third-order valence-electron chi connectivity index (χ3n) is 3.30. The number of hydrogen-bond donors (Lipinski definition) is 1. The lowest BCUT2D eigenvalue weighted by molar-refractivity contribution is 0.0983. The second-order valence-electron chi connectivity index (χ2n) is 4.46. The number of aliphatic hydroxyl groups excluding tert-OH is 1. The monoisotopic (exact) mass is 234 g/mol. The molecule has 0 aromatic rings. The van der Waals surface area contributed by atoms with Gasteiger partial charge >= 0.3 is 0 Å². The molecular weight excluding hydrogens is 216 g/mol. The number of hydrogen-bond acceptors (Lipinski definition) is 4. The molecule has 88 valence electrons.